The smallest absolute Gasteiger partial charge is 0.356 e. The third kappa shape index (κ3) is 2.34. The van der Waals surface area contributed by atoms with Crippen molar-refractivity contribution in [3.05, 3.63) is 24.3 Å². The van der Waals surface area contributed by atoms with Crippen LogP contribution >= 0.6 is 0 Å². The van der Waals surface area contributed by atoms with Crippen molar-refractivity contribution >= 4 is 17.7 Å². The van der Waals surface area contributed by atoms with Crippen LogP contribution in [0.2, 0.25) is 0 Å². The molecule has 0 saturated carbocycles. The van der Waals surface area contributed by atoms with Gasteiger partial charge in [-0.25, -0.2) is 9.59 Å². The van der Waals surface area contributed by atoms with Crippen LogP contribution in [-0.4, -0.2) is 35.4 Å². The zero-order chi connectivity index (χ0) is 14.0. The number of carboxylic acid groups (broad SMARTS) is 1. The third-order valence-corrected chi connectivity index (χ3v) is 2.86. The molecule has 98 valence electrons. The summed E-state index contributed by atoms with van der Waals surface area (Å²) in [5, 5.41) is 9.48. The molecule has 0 aromatic rings. The number of ether oxygens (including phenoxy) is 1. The number of rotatable bonds is 2. The number of aliphatic imine (C=N–C) groups is 1. The lowest BCUT2D eigenvalue weighted by molar-refractivity contribution is -0.144. The number of hydrogen-bond donors (Lipinski definition) is 1. The number of hydrogen-bond acceptors (Lipinski definition) is 4. The van der Waals surface area contributed by atoms with Gasteiger partial charge in [0.15, 0.2) is 5.54 Å². The van der Waals surface area contributed by atoms with Crippen LogP contribution in [0, 0.1) is 5.41 Å². The summed E-state index contributed by atoms with van der Waals surface area (Å²) in [5.74, 6) is -1.75. The summed E-state index contributed by atoms with van der Waals surface area (Å²) in [6.07, 6.45) is 6.09. The second kappa shape index (κ2) is 4.76. The summed E-state index contributed by atoms with van der Waals surface area (Å²) in [4.78, 5) is 27.2. The molecule has 1 heterocycles. The van der Waals surface area contributed by atoms with Crippen molar-refractivity contribution in [2.75, 3.05) is 7.11 Å². The minimum atomic E-state index is -1.49. The van der Waals surface area contributed by atoms with Crippen molar-refractivity contribution in [2.24, 2.45) is 10.4 Å². The maximum Gasteiger partial charge on any atom is 0.356 e. The zero-order valence-corrected chi connectivity index (χ0v) is 10.9. The highest BCUT2D eigenvalue weighted by Crippen LogP contribution is 2.37. The number of esters is 1. The first-order valence-corrected chi connectivity index (χ1v) is 5.52. The number of aliphatic carboxylic acids is 1. The van der Waals surface area contributed by atoms with Gasteiger partial charge < -0.3 is 9.84 Å². The number of methoxy groups -OCH3 is 1. The molecular formula is C13H17NO4. The summed E-state index contributed by atoms with van der Waals surface area (Å²) >= 11 is 0. The van der Waals surface area contributed by atoms with E-state index in [1.807, 2.05) is 0 Å². The van der Waals surface area contributed by atoms with Gasteiger partial charge in [0.25, 0.3) is 0 Å². The van der Waals surface area contributed by atoms with Crippen molar-refractivity contribution in [3.63, 3.8) is 0 Å². The average molecular weight is 251 g/mol. The Morgan fingerprint density at radius 1 is 1.33 bits per heavy atom. The monoisotopic (exact) mass is 251 g/mol. The molecule has 0 aromatic carbocycles. The van der Waals surface area contributed by atoms with Gasteiger partial charge in [-0.1, -0.05) is 32.9 Å². The van der Waals surface area contributed by atoms with Crippen LogP contribution in [-0.2, 0) is 14.3 Å². The molecule has 1 unspecified atom stereocenters. The fourth-order valence-corrected chi connectivity index (χ4v) is 1.68. The molecule has 0 aromatic heterocycles. The average Bonchev–Trinajstić information content (AvgIpc) is 2.50. The number of nitrogens with zero attached hydrogens (tertiary/aromatic N) is 1. The molecule has 1 atom stereocenters. The largest absolute Gasteiger partial charge is 0.479 e. The second-order valence-electron chi connectivity index (χ2n) is 5.03. The maximum atomic E-state index is 11.6. The molecule has 0 bridgehead atoms. The topological polar surface area (TPSA) is 76.0 Å². The Hall–Kier alpha value is -1.91. The van der Waals surface area contributed by atoms with E-state index in [-0.39, 0.29) is 5.71 Å². The van der Waals surface area contributed by atoms with Crippen molar-refractivity contribution in [3.8, 4) is 0 Å². The fourth-order valence-electron chi connectivity index (χ4n) is 1.68. The molecule has 5 nitrogen and oxygen atoms in total. The van der Waals surface area contributed by atoms with E-state index >= 15 is 0 Å². The molecular weight excluding hydrogens is 234 g/mol. The molecule has 0 aliphatic carbocycles. The van der Waals surface area contributed by atoms with Gasteiger partial charge in [0.2, 0.25) is 0 Å². The van der Waals surface area contributed by atoms with Crippen LogP contribution in [0.1, 0.15) is 20.8 Å². The van der Waals surface area contributed by atoms with E-state index in [4.69, 9.17) is 0 Å². The van der Waals surface area contributed by atoms with E-state index in [0.29, 0.717) is 0 Å². The number of carbonyl (C=O) groups excluding carboxylic acids is 1. The number of allylic oxidation sites excluding steroid dienone is 2. The maximum absolute atomic E-state index is 11.6. The van der Waals surface area contributed by atoms with Crippen LogP contribution in [0.15, 0.2) is 29.3 Å². The van der Waals surface area contributed by atoms with E-state index in [9.17, 15) is 14.7 Å². The zero-order valence-electron chi connectivity index (χ0n) is 10.9. The molecule has 18 heavy (non-hydrogen) atoms. The molecule has 5 heteroatoms. The Morgan fingerprint density at radius 3 is 2.39 bits per heavy atom. The summed E-state index contributed by atoms with van der Waals surface area (Å²) < 4.78 is 4.59. The van der Waals surface area contributed by atoms with E-state index in [0.717, 1.165) is 0 Å². The van der Waals surface area contributed by atoms with Crippen LogP contribution in [0.4, 0.5) is 0 Å². The first kappa shape index (κ1) is 14.2. The van der Waals surface area contributed by atoms with E-state index in [1.54, 1.807) is 32.9 Å². The van der Waals surface area contributed by atoms with Gasteiger partial charge >= 0.3 is 11.9 Å². The van der Waals surface area contributed by atoms with Crippen LogP contribution in [0.3, 0.4) is 0 Å². The predicted octanol–water partition coefficient (Wildman–Crippen LogP) is 1.60. The van der Waals surface area contributed by atoms with E-state index < -0.39 is 22.9 Å². The van der Waals surface area contributed by atoms with Gasteiger partial charge in [-0.3, -0.25) is 4.99 Å². The van der Waals surface area contributed by atoms with Crippen molar-refractivity contribution in [2.45, 2.75) is 26.3 Å². The molecule has 0 fully saturated rings. The van der Waals surface area contributed by atoms with Crippen molar-refractivity contribution < 1.29 is 19.4 Å². The van der Waals surface area contributed by atoms with Gasteiger partial charge in [-0.05, 0) is 12.2 Å². The minimum Gasteiger partial charge on any atom is -0.479 e. The SMILES string of the molecule is COC(=O)C1=NC(C(=O)O)(C(C)(C)C)C=CC=C1. The molecule has 0 amide bonds. The quantitative estimate of drug-likeness (QED) is 0.756. The second-order valence-corrected chi connectivity index (χ2v) is 5.03. The first-order valence-electron chi connectivity index (χ1n) is 5.52. The van der Waals surface area contributed by atoms with E-state index in [2.05, 4.69) is 9.73 Å². The highest BCUT2D eigenvalue weighted by molar-refractivity contribution is 6.41. The highest BCUT2D eigenvalue weighted by Gasteiger charge is 2.47. The summed E-state index contributed by atoms with van der Waals surface area (Å²) in [7, 11) is 1.23. The molecule has 0 spiro atoms. The minimum absolute atomic E-state index is 0.000162. The van der Waals surface area contributed by atoms with Gasteiger partial charge in [-0.15, -0.1) is 0 Å². The highest BCUT2D eigenvalue weighted by atomic mass is 16.5. The summed E-state index contributed by atoms with van der Waals surface area (Å²) in [6, 6.07) is 0. The Morgan fingerprint density at radius 2 is 1.94 bits per heavy atom. The van der Waals surface area contributed by atoms with Crippen molar-refractivity contribution in [1.82, 2.24) is 0 Å². The first-order chi connectivity index (χ1) is 8.24. The van der Waals surface area contributed by atoms with E-state index in [1.165, 1.54) is 19.3 Å². The predicted molar refractivity (Wildman–Crippen MR) is 67.6 cm³/mol. The fraction of sp³-hybridized carbons (Fsp3) is 0.462. The molecule has 1 aliphatic heterocycles. The summed E-state index contributed by atoms with van der Waals surface area (Å²) in [6.45, 7) is 5.28. The number of carboxylic acids is 1. The van der Waals surface area contributed by atoms with Crippen LogP contribution in [0.25, 0.3) is 0 Å². The third-order valence-electron chi connectivity index (χ3n) is 2.86. The standard InChI is InChI=1S/C13H17NO4/c1-12(2,3)13(11(16)17)8-6-5-7-9(14-13)10(15)18-4/h5-8H,1-4H3,(H,16,17). The summed E-state index contributed by atoms with van der Waals surface area (Å²) in [5.41, 5.74) is -2.17. The Bertz CT molecular complexity index is 454. The lowest BCUT2D eigenvalue weighted by Gasteiger charge is -2.35. The molecule has 0 saturated heterocycles. The Kier molecular flexibility index (Phi) is 3.74. The van der Waals surface area contributed by atoms with Crippen LogP contribution < -0.4 is 0 Å². The molecule has 1 rings (SSSR count). The lowest BCUT2D eigenvalue weighted by Crippen LogP contribution is -2.47. The van der Waals surface area contributed by atoms with Gasteiger partial charge in [0.05, 0.1) is 7.11 Å². The lowest BCUT2D eigenvalue weighted by atomic mass is 9.73. The van der Waals surface area contributed by atoms with Gasteiger partial charge in [-0.2, -0.15) is 0 Å². The van der Waals surface area contributed by atoms with Crippen molar-refractivity contribution in [1.29, 1.82) is 0 Å². The Labute approximate surface area is 106 Å². The molecule has 1 aliphatic rings. The van der Waals surface area contributed by atoms with Crippen LogP contribution in [0.5, 0.6) is 0 Å². The van der Waals surface area contributed by atoms with Gasteiger partial charge in [0.1, 0.15) is 5.71 Å². The number of carbonyl (C=O) groups is 2. The molecule has 1 N–H and O–H groups in total. The van der Waals surface area contributed by atoms with Gasteiger partial charge in [0, 0.05) is 5.41 Å². The normalized spacial score (nSPS) is 23.2. The molecule has 0 radical (unpaired) electrons. The Balaban J connectivity index is 3.43.